The highest BCUT2D eigenvalue weighted by atomic mass is 15.5. The third-order valence-corrected chi connectivity index (χ3v) is 1.48. The first-order chi connectivity index (χ1) is 5.35. The number of nitrogens with one attached hydrogen (secondary N) is 1. The third kappa shape index (κ3) is 6.28. The van der Waals surface area contributed by atoms with Gasteiger partial charge in [0.05, 0.1) is 0 Å². The summed E-state index contributed by atoms with van der Waals surface area (Å²) in [4.78, 5) is 0. The maximum Gasteiger partial charge on any atom is 0.0254 e. The lowest BCUT2D eigenvalue weighted by Crippen LogP contribution is -2.42. The molecular weight excluding hydrogens is 138 g/mol. The lowest BCUT2D eigenvalue weighted by Gasteiger charge is -2.21. The Bertz CT molecular complexity index is 69.7. The van der Waals surface area contributed by atoms with Crippen molar-refractivity contribution in [3.8, 4) is 0 Å². The fourth-order valence-electron chi connectivity index (χ4n) is 0.966. The second kappa shape index (κ2) is 7.98. The molecule has 3 nitrogen and oxygen atoms in total. The smallest absolute Gasteiger partial charge is 0.0254 e. The molecule has 0 saturated carbocycles. The van der Waals surface area contributed by atoms with E-state index in [2.05, 4.69) is 24.3 Å². The van der Waals surface area contributed by atoms with Crippen molar-refractivity contribution in [1.82, 2.24) is 10.4 Å². The van der Waals surface area contributed by atoms with Crippen molar-refractivity contribution < 1.29 is 0 Å². The summed E-state index contributed by atoms with van der Waals surface area (Å²) in [5.41, 5.74) is 8.77. The van der Waals surface area contributed by atoms with Gasteiger partial charge in [-0.15, -0.1) is 0 Å². The Morgan fingerprint density at radius 3 is 2.36 bits per heavy atom. The standard InChI is InChI=1S/C8H21N3/c1-3-6-10-11(7-4-2)8-5-9/h10H,3-9H2,1-2H3. The Balaban J connectivity index is 3.34. The van der Waals surface area contributed by atoms with Crippen molar-refractivity contribution in [3.05, 3.63) is 0 Å². The number of hydrazine groups is 1. The van der Waals surface area contributed by atoms with Gasteiger partial charge in [-0.2, -0.15) is 0 Å². The highest BCUT2D eigenvalue weighted by Crippen LogP contribution is 1.85. The molecule has 0 fully saturated rings. The van der Waals surface area contributed by atoms with Gasteiger partial charge in [-0.1, -0.05) is 13.8 Å². The van der Waals surface area contributed by atoms with Crippen LogP contribution < -0.4 is 11.2 Å². The van der Waals surface area contributed by atoms with E-state index in [-0.39, 0.29) is 0 Å². The maximum absolute atomic E-state index is 5.45. The molecule has 0 unspecified atom stereocenters. The zero-order valence-electron chi connectivity index (χ0n) is 7.77. The number of hydrogen-bond donors (Lipinski definition) is 2. The average Bonchev–Trinajstić information content (AvgIpc) is 2.01. The van der Waals surface area contributed by atoms with Crippen molar-refractivity contribution in [1.29, 1.82) is 0 Å². The molecule has 0 bridgehead atoms. The molecule has 0 rings (SSSR count). The Kier molecular flexibility index (Phi) is 7.89. The van der Waals surface area contributed by atoms with Crippen LogP contribution in [-0.4, -0.2) is 31.2 Å². The Morgan fingerprint density at radius 1 is 1.18 bits per heavy atom. The van der Waals surface area contributed by atoms with Gasteiger partial charge >= 0.3 is 0 Å². The highest BCUT2D eigenvalue weighted by Gasteiger charge is 1.98. The quantitative estimate of drug-likeness (QED) is 0.534. The highest BCUT2D eigenvalue weighted by molar-refractivity contribution is 4.51. The van der Waals surface area contributed by atoms with Crippen LogP contribution in [0, 0.1) is 0 Å². The normalized spacial score (nSPS) is 10.9. The van der Waals surface area contributed by atoms with Gasteiger partial charge in [-0.25, -0.2) is 5.01 Å². The van der Waals surface area contributed by atoms with E-state index in [1.54, 1.807) is 0 Å². The van der Waals surface area contributed by atoms with E-state index in [1.165, 1.54) is 12.8 Å². The summed E-state index contributed by atoms with van der Waals surface area (Å²) in [6.07, 6.45) is 2.35. The lowest BCUT2D eigenvalue weighted by molar-refractivity contribution is 0.194. The van der Waals surface area contributed by atoms with Gasteiger partial charge in [0.1, 0.15) is 0 Å². The fourth-order valence-corrected chi connectivity index (χ4v) is 0.966. The van der Waals surface area contributed by atoms with Gasteiger partial charge in [0.15, 0.2) is 0 Å². The number of nitrogens with two attached hydrogens (primary N) is 1. The van der Waals surface area contributed by atoms with Crippen LogP contribution in [-0.2, 0) is 0 Å². The van der Waals surface area contributed by atoms with E-state index in [9.17, 15) is 0 Å². The maximum atomic E-state index is 5.45. The molecule has 68 valence electrons. The molecule has 0 radical (unpaired) electrons. The summed E-state index contributed by atoms with van der Waals surface area (Å²) in [5, 5.41) is 2.20. The van der Waals surface area contributed by atoms with E-state index in [4.69, 9.17) is 5.73 Å². The molecule has 11 heavy (non-hydrogen) atoms. The third-order valence-electron chi connectivity index (χ3n) is 1.48. The molecule has 0 aliphatic rings. The van der Waals surface area contributed by atoms with Crippen molar-refractivity contribution >= 4 is 0 Å². The summed E-state index contributed by atoms with van der Waals surface area (Å²) in [7, 11) is 0. The number of rotatable bonds is 7. The van der Waals surface area contributed by atoms with Crippen LogP contribution in [0.3, 0.4) is 0 Å². The SMILES string of the molecule is CCCNN(CCC)CCN. The van der Waals surface area contributed by atoms with Crippen LogP contribution in [0.5, 0.6) is 0 Å². The van der Waals surface area contributed by atoms with Crippen LogP contribution in [0.4, 0.5) is 0 Å². The first kappa shape index (κ1) is 10.9. The number of hydrogen-bond acceptors (Lipinski definition) is 3. The predicted octanol–water partition coefficient (Wildman–Crippen LogP) is 0.572. The van der Waals surface area contributed by atoms with Gasteiger partial charge in [0, 0.05) is 26.2 Å². The molecular formula is C8H21N3. The number of nitrogens with zero attached hydrogens (tertiary/aromatic N) is 1. The van der Waals surface area contributed by atoms with Gasteiger partial charge < -0.3 is 5.73 Å². The summed E-state index contributed by atoms with van der Waals surface area (Å²) in [5.74, 6) is 0. The second-order valence-corrected chi connectivity index (χ2v) is 2.68. The summed E-state index contributed by atoms with van der Waals surface area (Å²) < 4.78 is 0. The monoisotopic (exact) mass is 159 g/mol. The molecule has 0 spiro atoms. The van der Waals surface area contributed by atoms with Gasteiger partial charge in [0.25, 0.3) is 0 Å². The van der Waals surface area contributed by atoms with Crippen LogP contribution in [0.15, 0.2) is 0 Å². The van der Waals surface area contributed by atoms with Crippen LogP contribution in [0.1, 0.15) is 26.7 Å². The largest absolute Gasteiger partial charge is 0.329 e. The van der Waals surface area contributed by atoms with Crippen LogP contribution in [0.2, 0.25) is 0 Å². The van der Waals surface area contributed by atoms with E-state index in [1.807, 2.05) is 0 Å². The Labute approximate surface area is 69.9 Å². The van der Waals surface area contributed by atoms with Gasteiger partial charge in [0.2, 0.25) is 0 Å². The van der Waals surface area contributed by atoms with Crippen LogP contribution >= 0.6 is 0 Å². The van der Waals surface area contributed by atoms with Gasteiger partial charge in [-0.3, -0.25) is 5.43 Å². The molecule has 0 aliphatic carbocycles. The molecule has 0 atom stereocenters. The van der Waals surface area contributed by atoms with E-state index < -0.39 is 0 Å². The Hall–Kier alpha value is -0.120. The molecule has 0 amide bonds. The summed E-state index contributed by atoms with van der Waals surface area (Å²) in [6.45, 7) is 8.18. The summed E-state index contributed by atoms with van der Waals surface area (Å²) in [6, 6.07) is 0. The minimum atomic E-state index is 0.733. The first-order valence-corrected chi connectivity index (χ1v) is 4.53. The topological polar surface area (TPSA) is 41.3 Å². The molecule has 0 saturated heterocycles. The van der Waals surface area contributed by atoms with Gasteiger partial charge in [-0.05, 0) is 12.8 Å². The molecule has 3 N–H and O–H groups in total. The fraction of sp³-hybridized carbons (Fsp3) is 1.00. The lowest BCUT2D eigenvalue weighted by atomic mass is 10.4. The van der Waals surface area contributed by atoms with Crippen molar-refractivity contribution in [2.45, 2.75) is 26.7 Å². The van der Waals surface area contributed by atoms with E-state index in [0.717, 1.165) is 26.2 Å². The minimum absolute atomic E-state index is 0.733. The summed E-state index contributed by atoms with van der Waals surface area (Å²) >= 11 is 0. The van der Waals surface area contributed by atoms with Crippen LogP contribution in [0.25, 0.3) is 0 Å². The van der Waals surface area contributed by atoms with Crippen molar-refractivity contribution in [2.75, 3.05) is 26.2 Å². The molecule has 0 aromatic heterocycles. The first-order valence-electron chi connectivity index (χ1n) is 4.53. The minimum Gasteiger partial charge on any atom is -0.329 e. The average molecular weight is 159 g/mol. The predicted molar refractivity (Wildman–Crippen MR) is 49.2 cm³/mol. The van der Waals surface area contributed by atoms with E-state index in [0.29, 0.717) is 0 Å². The zero-order valence-corrected chi connectivity index (χ0v) is 7.77. The molecule has 3 heteroatoms. The molecule has 0 heterocycles. The molecule has 0 aromatic carbocycles. The van der Waals surface area contributed by atoms with Crippen molar-refractivity contribution in [3.63, 3.8) is 0 Å². The Morgan fingerprint density at radius 2 is 1.91 bits per heavy atom. The zero-order chi connectivity index (χ0) is 8.53. The van der Waals surface area contributed by atoms with Crippen molar-refractivity contribution in [2.24, 2.45) is 5.73 Å². The molecule has 0 aromatic rings. The van der Waals surface area contributed by atoms with E-state index >= 15 is 0 Å². The second-order valence-electron chi connectivity index (χ2n) is 2.68. The molecule has 0 aliphatic heterocycles.